The summed E-state index contributed by atoms with van der Waals surface area (Å²) in [4.78, 5) is 0. The predicted octanol–water partition coefficient (Wildman–Crippen LogP) is 5.48. The van der Waals surface area contributed by atoms with Crippen molar-refractivity contribution >= 4 is 12.4 Å². The molecule has 0 aromatic rings. The molecule has 0 spiro atoms. The summed E-state index contributed by atoms with van der Waals surface area (Å²) in [6, 6.07) is 0. The molecule has 0 fully saturated rings. The quantitative estimate of drug-likeness (QED) is 0.268. The average molecular weight is 712 g/mol. The van der Waals surface area contributed by atoms with Gasteiger partial charge < -0.3 is 24.8 Å². The van der Waals surface area contributed by atoms with E-state index in [0.717, 1.165) is 51.4 Å². The minimum absolute atomic E-state index is 0. The Bertz CT molecular complexity index is 888. The monoisotopic (exact) mass is 710 g/mol. The number of hydrogen-bond donors (Lipinski definition) is 0. The largest absolute Gasteiger partial charge is 1.00 e. The minimum atomic E-state index is 0. The van der Waals surface area contributed by atoms with E-state index in [2.05, 4.69) is 169 Å². The van der Waals surface area contributed by atoms with Crippen LogP contribution < -0.4 is 24.8 Å². The van der Waals surface area contributed by atoms with E-state index in [4.69, 9.17) is 0 Å². The maximum atomic E-state index is 3.28. The summed E-state index contributed by atoms with van der Waals surface area (Å²) in [5.74, 6) is 0. The van der Waals surface area contributed by atoms with Crippen LogP contribution in [0, 0.1) is 24.3 Å². The zero-order chi connectivity index (χ0) is 31.1. The van der Waals surface area contributed by atoms with Crippen molar-refractivity contribution in [3.05, 3.63) is 93.2 Å². The average Bonchev–Trinajstić information content (AvgIpc) is 3.68. The van der Waals surface area contributed by atoms with Gasteiger partial charge in [-0.2, -0.15) is 24.3 Å². The second-order valence-electron chi connectivity index (χ2n) is 10.4. The molecule has 0 bridgehead atoms. The Balaban J connectivity index is -0.000000209. The molecule has 0 aromatic heterocycles. The van der Waals surface area contributed by atoms with Gasteiger partial charge >= 0.3 is 76.9 Å². The molecule has 0 amide bonds. The molecule has 232 valence electrons. The second kappa shape index (κ2) is 31.3. The summed E-state index contributed by atoms with van der Waals surface area (Å²) in [6.07, 6.45) is 31.0. The van der Waals surface area contributed by atoms with E-state index in [1.807, 2.05) is 0 Å². The molecular formula is C36H56Cl2Si2Ti2-2. The third kappa shape index (κ3) is 26.7. The summed E-state index contributed by atoms with van der Waals surface area (Å²) >= 11 is 4.54. The van der Waals surface area contributed by atoms with Crippen molar-refractivity contribution in [2.45, 2.75) is 133 Å². The molecular weight excluding hydrogens is 655 g/mol. The first kappa shape index (κ1) is 49.2. The fraction of sp³-hybridized carbons (Fsp3) is 0.556. The molecule has 0 aliphatic heterocycles. The maximum absolute atomic E-state index is 3.28. The molecule has 0 heterocycles. The van der Waals surface area contributed by atoms with Gasteiger partial charge in [0.25, 0.3) is 0 Å². The third-order valence-electron chi connectivity index (χ3n) is 6.21. The van der Waals surface area contributed by atoms with Crippen LogP contribution in [0.15, 0.2) is 68.9 Å². The van der Waals surface area contributed by atoms with Crippen LogP contribution in [0.1, 0.15) is 107 Å². The van der Waals surface area contributed by atoms with Crippen molar-refractivity contribution in [1.29, 1.82) is 0 Å². The minimum Gasteiger partial charge on any atom is -1.00 e. The Morgan fingerprint density at radius 2 is 0.619 bits per heavy atom. The van der Waals surface area contributed by atoms with Crippen LogP contribution in [-0.2, 0) is 38.3 Å². The van der Waals surface area contributed by atoms with E-state index >= 15 is 0 Å². The van der Waals surface area contributed by atoms with E-state index in [0.29, 0.717) is 0 Å². The number of halogens is 2. The summed E-state index contributed by atoms with van der Waals surface area (Å²) in [5.41, 5.74) is 11.3. The van der Waals surface area contributed by atoms with Gasteiger partial charge in [-0.05, 0) is 0 Å². The fourth-order valence-electron chi connectivity index (χ4n) is 3.98. The first-order valence-corrected chi connectivity index (χ1v) is 24.6. The standard InChI is InChI=1S/4C8H11.2C2H6Si.2ClH.2Ti/c4*1-3-8-6-4-5-7(8)2;2*1-3-2;;;;/h4*5H,3-4H2,1-2H3;2*1-2H3;2*1H;;/q4*-1;;;;;2*+2/p-2. The predicted molar refractivity (Wildman–Crippen MR) is 177 cm³/mol. The molecule has 0 unspecified atom stereocenters. The topological polar surface area (TPSA) is 0 Å². The van der Waals surface area contributed by atoms with E-state index in [9.17, 15) is 0 Å². The van der Waals surface area contributed by atoms with Crippen LogP contribution in [0.25, 0.3) is 0 Å². The second-order valence-corrected chi connectivity index (χ2v) is 23.8. The first-order valence-electron chi connectivity index (χ1n) is 14.9. The normalized spacial score (nSPS) is 15.2. The van der Waals surface area contributed by atoms with Gasteiger partial charge in [-0.3, -0.25) is 24.3 Å². The number of rotatable bonds is 4. The maximum Gasteiger partial charge on any atom is -1.00 e. The van der Waals surface area contributed by atoms with Gasteiger partial charge in [0.05, 0.1) is 0 Å². The van der Waals surface area contributed by atoms with E-state index < -0.39 is 0 Å². The molecule has 0 saturated heterocycles. The van der Waals surface area contributed by atoms with Crippen molar-refractivity contribution in [1.82, 2.24) is 0 Å². The SMILES string of the molecule is CCC1=[C-]CC=C1C.CCC1=[C-]CC=C1C.CCC1=[C-]CC=C1C.CCC1=[C-]CC=C1C.C[Si](C)=[Ti+2].C[Si](C)=[Ti+2].[Cl-].[Cl-]. The molecule has 0 radical (unpaired) electrons. The summed E-state index contributed by atoms with van der Waals surface area (Å²) < 4.78 is 0. The van der Waals surface area contributed by atoms with Gasteiger partial charge in [0.15, 0.2) is 0 Å². The molecule has 4 rings (SSSR count). The molecule has 4 aliphatic rings. The van der Waals surface area contributed by atoms with Crippen LogP contribution in [-0.4, -0.2) is 12.4 Å². The Morgan fingerprint density at radius 3 is 0.667 bits per heavy atom. The Morgan fingerprint density at radius 1 is 0.476 bits per heavy atom. The fourth-order valence-corrected chi connectivity index (χ4v) is 3.98. The Labute approximate surface area is 299 Å². The van der Waals surface area contributed by atoms with Gasteiger partial charge in [0, 0.05) is 0 Å². The van der Waals surface area contributed by atoms with Crippen molar-refractivity contribution in [2.24, 2.45) is 0 Å². The smallest absolute Gasteiger partial charge is 1.00 e. The number of allylic oxidation sites excluding steroid dienone is 16. The molecule has 42 heavy (non-hydrogen) atoms. The van der Waals surface area contributed by atoms with E-state index in [-0.39, 0.29) is 37.2 Å². The van der Waals surface area contributed by atoms with Gasteiger partial charge in [-0.15, -0.1) is 53.4 Å². The molecule has 0 aromatic carbocycles. The zero-order valence-electron chi connectivity index (χ0n) is 28.7. The molecule has 0 saturated carbocycles. The van der Waals surface area contributed by atoms with Gasteiger partial charge in [-0.25, -0.2) is 44.6 Å². The van der Waals surface area contributed by atoms with Gasteiger partial charge in [0.2, 0.25) is 0 Å². The van der Waals surface area contributed by atoms with Crippen LogP contribution in [0.4, 0.5) is 0 Å². The zero-order valence-corrected chi connectivity index (χ0v) is 35.4. The Hall–Kier alpha value is 0.362. The molecule has 0 nitrogen and oxygen atoms in total. The first-order chi connectivity index (χ1) is 18.8. The summed E-state index contributed by atoms with van der Waals surface area (Å²) in [5, 5.41) is 0. The van der Waals surface area contributed by atoms with Gasteiger partial charge in [-0.1, -0.05) is 53.4 Å². The van der Waals surface area contributed by atoms with Crippen LogP contribution in [0.2, 0.25) is 26.2 Å². The molecule has 0 N–H and O–H groups in total. The van der Waals surface area contributed by atoms with E-state index in [1.54, 1.807) is 0 Å². The molecule has 0 atom stereocenters. The van der Waals surface area contributed by atoms with Gasteiger partial charge in [0.1, 0.15) is 0 Å². The van der Waals surface area contributed by atoms with Crippen molar-refractivity contribution < 1.29 is 63.2 Å². The van der Waals surface area contributed by atoms with Crippen molar-refractivity contribution in [3.63, 3.8) is 0 Å². The summed E-state index contributed by atoms with van der Waals surface area (Å²) in [7, 11) is 0. The van der Waals surface area contributed by atoms with Crippen LogP contribution in [0.3, 0.4) is 0 Å². The molecule has 6 heteroatoms. The summed E-state index contributed by atoms with van der Waals surface area (Å²) in [6.45, 7) is 26.4. The third-order valence-corrected chi connectivity index (χ3v) is 6.21. The van der Waals surface area contributed by atoms with Crippen molar-refractivity contribution in [3.8, 4) is 0 Å². The molecule has 4 aliphatic carbocycles. The van der Waals surface area contributed by atoms with Crippen LogP contribution >= 0.6 is 0 Å². The Kier molecular flexibility index (Phi) is 36.8. The van der Waals surface area contributed by atoms with Crippen LogP contribution in [0.5, 0.6) is 0 Å². The van der Waals surface area contributed by atoms with E-state index in [1.165, 1.54) is 44.6 Å². The van der Waals surface area contributed by atoms with Crippen molar-refractivity contribution in [2.75, 3.05) is 0 Å². The number of hydrogen-bond acceptors (Lipinski definition) is 0.